The lowest BCUT2D eigenvalue weighted by Gasteiger charge is -2.07. The first-order valence-electron chi connectivity index (χ1n) is 8.56. The number of rotatable bonds is 5. The minimum absolute atomic E-state index is 0.146. The van der Waals surface area contributed by atoms with Crippen molar-refractivity contribution in [2.45, 2.75) is 13.0 Å². The Morgan fingerprint density at radius 3 is 2.62 bits per heavy atom. The van der Waals surface area contributed by atoms with Crippen LogP contribution in [0.3, 0.4) is 0 Å². The summed E-state index contributed by atoms with van der Waals surface area (Å²) in [6.07, 6.45) is 0.571. The van der Waals surface area contributed by atoms with Gasteiger partial charge < -0.3 is 9.72 Å². The molecular formula is C21H18N2O3. The number of aryl methyl sites for hydroxylation is 1. The lowest BCUT2D eigenvalue weighted by molar-refractivity contribution is 0.0496. The Balaban J connectivity index is 1.38. The molecule has 0 saturated carbocycles. The highest BCUT2D eigenvalue weighted by atomic mass is 16.5. The van der Waals surface area contributed by atoms with Gasteiger partial charge in [-0.1, -0.05) is 42.5 Å². The lowest BCUT2D eigenvalue weighted by atomic mass is 10.1. The average Bonchev–Trinajstić information content (AvgIpc) is 3.00. The van der Waals surface area contributed by atoms with Gasteiger partial charge in [0.15, 0.2) is 0 Å². The van der Waals surface area contributed by atoms with Crippen molar-refractivity contribution >= 4 is 27.8 Å². The van der Waals surface area contributed by atoms with Crippen LogP contribution >= 0.6 is 0 Å². The number of benzene rings is 3. The van der Waals surface area contributed by atoms with E-state index in [4.69, 9.17) is 4.74 Å². The molecule has 0 unspecified atom stereocenters. The molecule has 0 spiro atoms. The number of carbonyl (C=O) groups excluding carboxylic acids is 1. The molecular weight excluding hydrogens is 328 g/mol. The Bertz CT molecular complexity index is 1140. The maximum absolute atomic E-state index is 12.2. The lowest BCUT2D eigenvalue weighted by Crippen LogP contribution is -2.18. The van der Waals surface area contributed by atoms with Gasteiger partial charge in [0, 0.05) is 6.54 Å². The molecule has 0 aliphatic carbocycles. The molecule has 4 aromatic rings. The molecule has 5 nitrogen and oxygen atoms in total. The first-order valence-corrected chi connectivity index (χ1v) is 8.56. The highest BCUT2D eigenvalue weighted by molar-refractivity contribution is 5.95. The standard InChI is InChI=1S/C21H18N2O3/c24-20(17-11-10-15-6-1-2-7-16(15)14-17)26-13-5-12-23-19-9-4-3-8-18(19)22-21(23)25/h1-4,6-11,14H,5,12-13H2,(H,22,25). The van der Waals surface area contributed by atoms with Crippen LogP contribution < -0.4 is 5.69 Å². The third-order valence-electron chi connectivity index (χ3n) is 4.43. The van der Waals surface area contributed by atoms with E-state index in [1.807, 2.05) is 60.7 Å². The number of nitrogens with one attached hydrogen (secondary N) is 1. The summed E-state index contributed by atoms with van der Waals surface area (Å²) < 4.78 is 7.03. The van der Waals surface area contributed by atoms with Crippen LogP contribution in [0.15, 0.2) is 71.5 Å². The summed E-state index contributed by atoms with van der Waals surface area (Å²) >= 11 is 0. The second kappa shape index (κ2) is 6.88. The summed E-state index contributed by atoms with van der Waals surface area (Å²) in [6.45, 7) is 0.755. The van der Waals surface area contributed by atoms with E-state index in [0.717, 1.165) is 21.8 Å². The van der Waals surface area contributed by atoms with Crippen LogP contribution in [0.2, 0.25) is 0 Å². The topological polar surface area (TPSA) is 64.1 Å². The smallest absolute Gasteiger partial charge is 0.338 e. The van der Waals surface area contributed by atoms with E-state index in [1.165, 1.54) is 0 Å². The van der Waals surface area contributed by atoms with Crippen LogP contribution in [-0.4, -0.2) is 22.1 Å². The number of aromatic amines is 1. The molecule has 1 heterocycles. The number of carbonyl (C=O) groups is 1. The van der Waals surface area contributed by atoms with Gasteiger partial charge in [0.2, 0.25) is 0 Å². The highest BCUT2D eigenvalue weighted by Gasteiger charge is 2.09. The average molecular weight is 346 g/mol. The Morgan fingerprint density at radius 1 is 0.962 bits per heavy atom. The summed E-state index contributed by atoms with van der Waals surface area (Å²) in [5.41, 5.74) is 2.06. The number of imidazole rings is 1. The third kappa shape index (κ3) is 3.11. The van der Waals surface area contributed by atoms with Gasteiger partial charge in [-0.3, -0.25) is 4.57 Å². The number of hydrogen-bond donors (Lipinski definition) is 1. The van der Waals surface area contributed by atoms with E-state index in [1.54, 1.807) is 10.6 Å². The van der Waals surface area contributed by atoms with Crippen LogP contribution in [0.5, 0.6) is 0 Å². The second-order valence-corrected chi connectivity index (χ2v) is 6.15. The predicted molar refractivity (Wildman–Crippen MR) is 101 cm³/mol. The zero-order chi connectivity index (χ0) is 17.9. The van der Waals surface area contributed by atoms with E-state index >= 15 is 0 Å². The molecule has 4 rings (SSSR count). The van der Waals surface area contributed by atoms with E-state index in [0.29, 0.717) is 18.5 Å². The summed E-state index contributed by atoms with van der Waals surface area (Å²) in [6, 6.07) is 20.9. The van der Waals surface area contributed by atoms with Gasteiger partial charge >= 0.3 is 11.7 Å². The number of para-hydroxylation sites is 2. The molecule has 130 valence electrons. The van der Waals surface area contributed by atoms with Crippen molar-refractivity contribution in [3.8, 4) is 0 Å². The normalized spacial score (nSPS) is 11.1. The van der Waals surface area contributed by atoms with Gasteiger partial charge in [0.1, 0.15) is 0 Å². The third-order valence-corrected chi connectivity index (χ3v) is 4.43. The zero-order valence-electron chi connectivity index (χ0n) is 14.1. The van der Waals surface area contributed by atoms with E-state index in [-0.39, 0.29) is 18.3 Å². The van der Waals surface area contributed by atoms with Crippen molar-refractivity contribution in [1.82, 2.24) is 9.55 Å². The number of nitrogens with zero attached hydrogens (tertiary/aromatic N) is 1. The molecule has 0 aliphatic rings. The highest BCUT2D eigenvalue weighted by Crippen LogP contribution is 2.16. The molecule has 1 aromatic heterocycles. The van der Waals surface area contributed by atoms with Gasteiger partial charge in [0.05, 0.1) is 23.2 Å². The molecule has 0 amide bonds. The first-order chi connectivity index (χ1) is 12.7. The summed E-state index contributed by atoms with van der Waals surface area (Å²) in [4.78, 5) is 27.1. The Hall–Kier alpha value is -3.34. The van der Waals surface area contributed by atoms with Crippen molar-refractivity contribution in [3.63, 3.8) is 0 Å². The number of hydrogen-bond acceptors (Lipinski definition) is 3. The molecule has 0 atom stereocenters. The monoisotopic (exact) mass is 346 g/mol. The Kier molecular flexibility index (Phi) is 4.27. The van der Waals surface area contributed by atoms with Crippen molar-refractivity contribution < 1.29 is 9.53 Å². The van der Waals surface area contributed by atoms with Crippen molar-refractivity contribution in [3.05, 3.63) is 82.8 Å². The maximum atomic E-state index is 12.2. The largest absolute Gasteiger partial charge is 0.462 e. The van der Waals surface area contributed by atoms with Gasteiger partial charge in [-0.15, -0.1) is 0 Å². The number of aromatic nitrogens is 2. The first kappa shape index (κ1) is 16.1. The minimum atomic E-state index is -0.345. The van der Waals surface area contributed by atoms with Gasteiger partial charge in [0.25, 0.3) is 0 Å². The number of ether oxygens (including phenoxy) is 1. The minimum Gasteiger partial charge on any atom is -0.462 e. The number of esters is 1. The predicted octanol–water partition coefficient (Wildman–Crippen LogP) is 3.73. The SMILES string of the molecule is O=C(OCCCn1c(=O)[nH]c2ccccc21)c1ccc2ccccc2c1. The summed E-state index contributed by atoms with van der Waals surface area (Å²) in [5.74, 6) is -0.345. The second-order valence-electron chi connectivity index (χ2n) is 6.15. The maximum Gasteiger partial charge on any atom is 0.338 e. The van der Waals surface area contributed by atoms with E-state index in [2.05, 4.69) is 4.98 Å². The molecule has 5 heteroatoms. The van der Waals surface area contributed by atoms with Crippen LogP contribution in [0.25, 0.3) is 21.8 Å². The number of fused-ring (bicyclic) bond motifs is 2. The molecule has 3 aromatic carbocycles. The van der Waals surface area contributed by atoms with Crippen molar-refractivity contribution in [1.29, 1.82) is 0 Å². The summed E-state index contributed by atoms with van der Waals surface area (Å²) in [7, 11) is 0. The Labute approximate surface area is 149 Å². The molecule has 0 saturated heterocycles. The zero-order valence-corrected chi connectivity index (χ0v) is 14.1. The van der Waals surface area contributed by atoms with Crippen LogP contribution in [-0.2, 0) is 11.3 Å². The molecule has 0 radical (unpaired) electrons. The van der Waals surface area contributed by atoms with E-state index < -0.39 is 0 Å². The summed E-state index contributed by atoms with van der Waals surface area (Å²) in [5, 5.41) is 2.09. The molecule has 0 fully saturated rings. The van der Waals surface area contributed by atoms with Crippen LogP contribution in [0.4, 0.5) is 0 Å². The quantitative estimate of drug-likeness (QED) is 0.442. The van der Waals surface area contributed by atoms with Gasteiger partial charge in [-0.25, -0.2) is 9.59 Å². The molecule has 1 N–H and O–H groups in total. The van der Waals surface area contributed by atoms with Crippen LogP contribution in [0.1, 0.15) is 16.8 Å². The van der Waals surface area contributed by atoms with Crippen LogP contribution in [0, 0.1) is 0 Å². The number of H-pyrrole nitrogens is 1. The fourth-order valence-electron chi connectivity index (χ4n) is 3.12. The molecule has 26 heavy (non-hydrogen) atoms. The van der Waals surface area contributed by atoms with Crippen molar-refractivity contribution in [2.24, 2.45) is 0 Å². The van der Waals surface area contributed by atoms with Gasteiger partial charge in [-0.05, 0) is 41.5 Å². The van der Waals surface area contributed by atoms with E-state index in [9.17, 15) is 9.59 Å². The fraction of sp³-hybridized carbons (Fsp3) is 0.143. The fourth-order valence-corrected chi connectivity index (χ4v) is 3.12. The van der Waals surface area contributed by atoms with Crippen molar-refractivity contribution in [2.75, 3.05) is 6.61 Å². The molecule has 0 bridgehead atoms. The molecule has 0 aliphatic heterocycles. The Morgan fingerprint density at radius 2 is 1.73 bits per heavy atom. The van der Waals surface area contributed by atoms with Gasteiger partial charge in [-0.2, -0.15) is 0 Å².